The lowest BCUT2D eigenvalue weighted by Gasteiger charge is -2.41. The molecule has 132 valence electrons. The number of hydrogen-bond acceptors (Lipinski definition) is 4. The van der Waals surface area contributed by atoms with Gasteiger partial charge < -0.3 is 13.9 Å². The normalized spacial score (nSPS) is 22.4. The summed E-state index contributed by atoms with van der Waals surface area (Å²) in [7, 11) is -0.164. The number of benzene rings is 1. The highest BCUT2D eigenvalue weighted by atomic mass is 28.4. The molecule has 6 nitrogen and oxygen atoms in total. The Labute approximate surface area is 144 Å². The minimum Gasteiger partial charge on any atom is -0.497 e. The monoisotopic (exact) mass is 349 g/mol. The number of azide groups is 1. The Morgan fingerprint density at radius 1 is 1.42 bits per heavy atom. The summed E-state index contributed by atoms with van der Waals surface area (Å²) in [4.78, 5) is 2.82. The van der Waals surface area contributed by atoms with Gasteiger partial charge >= 0.3 is 0 Å². The number of hydrogen-bond donors (Lipinski definition) is 0. The second kappa shape index (κ2) is 7.15. The largest absolute Gasteiger partial charge is 0.497 e. The van der Waals surface area contributed by atoms with Crippen LogP contribution in [0.3, 0.4) is 0 Å². The van der Waals surface area contributed by atoms with Crippen molar-refractivity contribution in [2.24, 2.45) is 5.11 Å². The molecule has 24 heavy (non-hydrogen) atoms. The molecule has 1 fully saturated rings. The Kier molecular flexibility index (Phi) is 5.60. The van der Waals surface area contributed by atoms with Gasteiger partial charge in [-0.1, -0.05) is 17.2 Å². The highest BCUT2D eigenvalue weighted by Gasteiger charge is 2.61. The van der Waals surface area contributed by atoms with E-state index in [0.29, 0.717) is 13.2 Å². The molecule has 0 aliphatic carbocycles. The van der Waals surface area contributed by atoms with E-state index in [4.69, 9.17) is 19.4 Å². The van der Waals surface area contributed by atoms with Gasteiger partial charge in [0.15, 0.2) is 8.32 Å². The fourth-order valence-corrected chi connectivity index (χ4v) is 4.70. The molecule has 1 heterocycles. The summed E-state index contributed by atoms with van der Waals surface area (Å²) in [6.45, 7) is 9.79. The number of nitrogens with zero attached hydrogens (tertiary/aromatic N) is 3. The second-order valence-electron chi connectivity index (χ2n) is 7.32. The predicted octanol–water partition coefficient (Wildman–Crippen LogP) is 4.62. The van der Waals surface area contributed by atoms with Crippen LogP contribution in [-0.4, -0.2) is 34.2 Å². The van der Waals surface area contributed by atoms with Gasteiger partial charge in [0.05, 0.1) is 13.7 Å². The summed E-state index contributed by atoms with van der Waals surface area (Å²) < 4.78 is 18.0. The molecule has 1 aliphatic heterocycles. The van der Waals surface area contributed by atoms with Crippen molar-refractivity contribution < 1.29 is 13.9 Å². The lowest BCUT2D eigenvalue weighted by molar-refractivity contribution is -0.0149. The van der Waals surface area contributed by atoms with Gasteiger partial charge in [0, 0.05) is 11.5 Å². The summed E-state index contributed by atoms with van der Waals surface area (Å²) in [6, 6.07) is 8.01. The van der Waals surface area contributed by atoms with Crippen LogP contribution in [0.2, 0.25) is 19.6 Å². The SMILES string of the molecule is COc1cccc(C(C)(O[Si](C)(C)C)C2(CCCN=[N+]=[N-])CO2)c1. The summed E-state index contributed by atoms with van der Waals surface area (Å²) in [6.07, 6.45) is 1.57. The van der Waals surface area contributed by atoms with Gasteiger partial charge in [-0.15, -0.1) is 0 Å². The lowest BCUT2D eigenvalue weighted by Crippen LogP contribution is -2.49. The van der Waals surface area contributed by atoms with Crippen molar-refractivity contribution in [3.63, 3.8) is 0 Å². The topological polar surface area (TPSA) is 79.8 Å². The highest BCUT2D eigenvalue weighted by molar-refractivity contribution is 6.69. The molecule has 2 rings (SSSR count). The molecule has 2 unspecified atom stereocenters. The van der Waals surface area contributed by atoms with Crippen LogP contribution in [0.1, 0.15) is 25.3 Å². The zero-order valence-electron chi connectivity index (χ0n) is 15.2. The van der Waals surface area contributed by atoms with Crippen molar-refractivity contribution in [3.8, 4) is 5.75 Å². The number of rotatable bonds is 9. The Balaban J connectivity index is 2.34. The van der Waals surface area contributed by atoms with E-state index in [-0.39, 0.29) is 5.60 Å². The van der Waals surface area contributed by atoms with Crippen LogP contribution in [0.5, 0.6) is 5.75 Å². The highest BCUT2D eigenvalue weighted by Crippen LogP contribution is 2.52. The smallest absolute Gasteiger partial charge is 0.185 e. The van der Waals surface area contributed by atoms with Crippen LogP contribution < -0.4 is 4.74 Å². The molecule has 1 aromatic rings. The van der Waals surface area contributed by atoms with Gasteiger partial charge in [-0.3, -0.25) is 0 Å². The molecular weight excluding hydrogens is 322 g/mol. The average molecular weight is 350 g/mol. The Bertz CT molecular complexity index is 622. The van der Waals surface area contributed by atoms with Crippen molar-refractivity contribution in [1.82, 2.24) is 0 Å². The number of methoxy groups -OCH3 is 1. The average Bonchev–Trinajstić information content (AvgIpc) is 3.31. The van der Waals surface area contributed by atoms with E-state index in [1.165, 1.54) is 0 Å². The van der Waals surface area contributed by atoms with Gasteiger partial charge in [-0.2, -0.15) is 0 Å². The molecule has 1 aliphatic rings. The van der Waals surface area contributed by atoms with Gasteiger partial charge in [0.1, 0.15) is 17.0 Å². The quantitative estimate of drug-likeness (QED) is 0.163. The van der Waals surface area contributed by atoms with Gasteiger partial charge in [-0.05, 0) is 62.6 Å². The molecule has 0 amide bonds. The first-order valence-electron chi connectivity index (χ1n) is 8.26. The van der Waals surface area contributed by atoms with Gasteiger partial charge in [0.2, 0.25) is 0 Å². The van der Waals surface area contributed by atoms with E-state index >= 15 is 0 Å². The maximum absolute atomic E-state index is 8.45. The molecule has 1 aromatic carbocycles. The maximum atomic E-state index is 8.45. The van der Waals surface area contributed by atoms with Crippen LogP contribution in [0.25, 0.3) is 10.4 Å². The molecule has 7 heteroatoms. The van der Waals surface area contributed by atoms with Crippen molar-refractivity contribution in [1.29, 1.82) is 0 Å². The van der Waals surface area contributed by atoms with Crippen LogP contribution in [0, 0.1) is 0 Å². The van der Waals surface area contributed by atoms with Crippen molar-refractivity contribution >= 4 is 8.32 Å². The van der Waals surface area contributed by atoms with Crippen LogP contribution in [0.4, 0.5) is 0 Å². The first-order valence-corrected chi connectivity index (χ1v) is 11.7. The fraction of sp³-hybridized carbons (Fsp3) is 0.647. The molecule has 0 bridgehead atoms. The first-order chi connectivity index (χ1) is 11.3. The molecule has 0 N–H and O–H groups in total. The second-order valence-corrected chi connectivity index (χ2v) is 11.7. The van der Waals surface area contributed by atoms with Gasteiger partial charge in [0.25, 0.3) is 0 Å². The summed E-state index contributed by atoms with van der Waals surface area (Å²) in [5.74, 6) is 0.808. The molecular formula is C17H27N3O3Si. The van der Waals surface area contributed by atoms with E-state index < -0.39 is 13.9 Å². The summed E-state index contributed by atoms with van der Waals surface area (Å²) in [5, 5.41) is 3.63. The van der Waals surface area contributed by atoms with Crippen LogP contribution in [-0.2, 0) is 14.8 Å². The third-order valence-corrected chi connectivity index (χ3v) is 5.42. The van der Waals surface area contributed by atoms with E-state index in [2.05, 4.69) is 42.7 Å². The van der Waals surface area contributed by atoms with E-state index in [9.17, 15) is 0 Å². The van der Waals surface area contributed by atoms with Crippen LogP contribution >= 0.6 is 0 Å². The third kappa shape index (κ3) is 4.11. The Morgan fingerprint density at radius 2 is 2.12 bits per heavy atom. The summed E-state index contributed by atoms with van der Waals surface area (Å²) >= 11 is 0. The third-order valence-electron chi connectivity index (χ3n) is 4.40. The van der Waals surface area contributed by atoms with E-state index in [1.807, 2.05) is 18.2 Å². The Hall–Kier alpha value is -1.53. The van der Waals surface area contributed by atoms with Gasteiger partial charge in [-0.25, -0.2) is 0 Å². The number of ether oxygens (including phenoxy) is 2. The molecule has 0 aromatic heterocycles. The standard InChI is InChI=1S/C17H27N3O3Si/c1-16(23-24(3,4)5,14-8-6-9-15(12-14)21-2)17(13-22-17)10-7-11-19-20-18/h6,8-9,12H,7,10-11,13H2,1-5H3. The van der Waals surface area contributed by atoms with Crippen LogP contribution in [0.15, 0.2) is 29.4 Å². The van der Waals surface area contributed by atoms with Crippen molar-refractivity contribution in [3.05, 3.63) is 40.3 Å². The minimum absolute atomic E-state index is 0.370. The molecule has 1 saturated heterocycles. The lowest BCUT2D eigenvalue weighted by atomic mass is 9.80. The first kappa shape index (κ1) is 18.8. The summed E-state index contributed by atoms with van der Waals surface area (Å²) in [5.41, 5.74) is 8.59. The zero-order chi connectivity index (χ0) is 17.8. The number of epoxide rings is 1. The van der Waals surface area contributed by atoms with Crippen molar-refractivity contribution in [2.45, 2.75) is 50.6 Å². The maximum Gasteiger partial charge on any atom is 0.185 e. The molecule has 0 spiro atoms. The Morgan fingerprint density at radius 3 is 2.67 bits per heavy atom. The van der Waals surface area contributed by atoms with E-state index in [1.54, 1.807) is 7.11 Å². The minimum atomic E-state index is -1.83. The molecule has 0 radical (unpaired) electrons. The predicted molar refractivity (Wildman–Crippen MR) is 96.7 cm³/mol. The fourth-order valence-electron chi connectivity index (χ4n) is 3.17. The zero-order valence-corrected chi connectivity index (χ0v) is 16.2. The molecule has 0 saturated carbocycles. The van der Waals surface area contributed by atoms with Crippen molar-refractivity contribution in [2.75, 3.05) is 20.3 Å². The van der Waals surface area contributed by atoms with E-state index in [0.717, 1.165) is 24.2 Å². The molecule has 2 atom stereocenters.